The number of nitriles is 1. The highest BCUT2D eigenvalue weighted by Gasteiger charge is 2.17. The lowest BCUT2D eigenvalue weighted by Gasteiger charge is -2.08. The average molecular weight is 348 g/mol. The minimum atomic E-state index is -3.88. The van der Waals surface area contributed by atoms with Gasteiger partial charge in [-0.3, -0.25) is 10.1 Å². The Labute approximate surface area is 137 Å². The summed E-state index contributed by atoms with van der Waals surface area (Å²) in [5.41, 5.74) is -0.215. The molecule has 0 aliphatic carbocycles. The fourth-order valence-electron chi connectivity index (χ4n) is 1.76. The van der Waals surface area contributed by atoms with E-state index in [1.165, 1.54) is 30.6 Å². The summed E-state index contributed by atoms with van der Waals surface area (Å²) in [6, 6.07) is 6.60. The van der Waals surface area contributed by atoms with Crippen molar-refractivity contribution in [3.63, 3.8) is 0 Å². The van der Waals surface area contributed by atoms with E-state index >= 15 is 0 Å². The SMILES string of the molecule is N#Cc1nccnc1NCCNS(=O)(=O)c1cccc([N+](=O)[O-])c1. The van der Waals surface area contributed by atoms with E-state index in [0.29, 0.717) is 0 Å². The van der Waals surface area contributed by atoms with Crippen LogP contribution in [0.4, 0.5) is 11.5 Å². The molecule has 0 radical (unpaired) electrons. The van der Waals surface area contributed by atoms with E-state index in [9.17, 15) is 18.5 Å². The molecule has 0 aliphatic heterocycles. The van der Waals surface area contributed by atoms with E-state index in [2.05, 4.69) is 20.0 Å². The number of hydrogen-bond donors (Lipinski definition) is 2. The lowest BCUT2D eigenvalue weighted by Crippen LogP contribution is -2.29. The molecule has 0 saturated carbocycles. The molecule has 1 heterocycles. The summed E-state index contributed by atoms with van der Waals surface area (Å²) >= 11 is 0. The maximum Gasteiger partial charge on any atom is 0.270 e. The van der Waals surface area contributed by atoms with E-state index in [4.69, 9.17) is 5.26 Å². The van der Waals surface area contributed by atoms with E-state index < -0.39 is 14.9 Å². The van der Waals surface area contributed by atoms with E-state index in [0.717, 1.165) is 6.07 Å². The van der Waals surface area contributed by atoms with Gasteiger partial charge in [0.2, 0.25) is 10.0 Å². The highest BCUT2D eigenvalue weighted by Crippen LogP contribution is 2.16. The fourth-order valence-corrected chi connectivity index (χ4v) is 2.83. The van der Waals surface area contributed by atoms with Crippen LogP contribution < -0.4 is 10.0 Å². The van der Waals surface area contributed by atoms with Crippen molar-refractivity contribution < 1.29 is 13.3 Å². The highest BCUT2D eigenvalue weighted by atomic mass is 32.2. The number of nitro benzene ring substituents is 1. The molecule has 1 aromatic heterocycles. The lowest BCUT2D eigenvalue weighted by atomic mass is 10.3. The molecular weight excluding hydrogens is 336 g/mol. The van der Waals surface area contributed by atoms with Gasteiger partial charge in [0.15, 0.2) is 11.5 Å². The monoisotopic (exact) mass is 348 g/mol. The number of hydrogen-bond acceptors (Lipinski definition) is 8. The Morgan fingerprint density at radius 1 is 1.25 bits per heavy atom. The summed E-state index contributed by atoms with van der Waals surface area (Å²) in [6.45, 7) is 0.147. The molecule has 0 spiro atoms. The minimum absolute atomic E-state index is 0.00747. The van der Waals surface area contributed by atoms with E-state index in [-0.39, 0.29) is 35.2 Å². The van der Waals surface area contributed by atoms with E-state index in [1.54, 1.807) is 0 Å². The lowest BCUT2D eigenvalue weighted by molar-refractivity contribution is -0.385. The summed E-state index contributed by atoms with van der Waals surface area (Å²) in [5, 5.41) is 22.4. The molecular formula is C13H12N6O4S. The Morgan fingerprint density at radius 3 is 2.71 bits per heavy atom. The van der Waals surface area contributed by atoms with Crippen LogP contribution in [0, 0.1) is 21.4 Å². The smallest absolute Gasteiger partial charge is 0.270 e. The van der Waals surface area contributed by atoms with Gasteiger partial charge < -0.3 is 5.32 Å². The number of rotatable bonds is 7. The van der Waals surface area contributed by atoms with Crippen LogP contribution in [0.1, 0.15) is 5.69 Å². The van der Waals surface area contributed by atoms with Crippen LogP contribution >= 0.6 is 0 Å². The number of nitrogens with one attached hydrogen (secondary N) is 2. The summed E-state index contributed by atoms with van der Waals surface area (Å²) < 4.78 is 26.5. The summed E-state index contributed by atoms with van der Waals surface area (Å²) in [5.74, 6) is 0.245. The van der Waals surface area contributed by atoms with Crippen molar-refractivity contribution in [1.29, 1.82) is 5.26 Å². The van der Waals surface area contributed by atoms with Gasteiger partial charge in [0.25, 0.3) is 5.69 Å². The van der Waals surface area contributed by atoms with Crippen LogP contribution in [0.15, 0.2) is 41.6 Å². The molecule has 124 valence electrons. The van der Waals surface area contributed by atoms with Crippen molar-refractivity contribution in [1.82, 2.24) is 14.7 Å². The molecule has 0 aliphatic rings. The second kappa shape index (κ2) is 7.44. The van der Waals surface area contributed by atoms with Crippen LogP contribution in [0.5, 0.6) is 0 Å². The van der Waals surface area contributed by atoms with Crippen molar-refractivity contribution in [3.8, 4) is 6.07 Å². The molecule has 2 aromatic rings. The molecule has 0 bridgehead atoms. The number of nitrogens with zero attached hydrogens (tertiary/aromatic N) is 4. The van der Waals surface area contributed by atoms with Crippen LogP contribution in [-0.4, -0.2) is 36.4 Å². The maximum absolute atomic E-state index is 12.1. The van der Waals surface area contributed by atoms with E-state index in [1.807, 2.05) is 6.07 Å². The second-order valence-electron chi connectivity index (χ2n) is 4.44. The molecule has 10 nitrogen and oxygen atoms in total. The molecule has 0 fully saturated rings. The van der Waals surface area contributed by atoms with Gasteiger partial charge >= 0.3 is 0 Å². The molecule has 0 atom stereocenters. The normalized spacial score (nSPS) is 10.8. The first kappa shape index (κ1) is 17.3. The van der Waals surface area contributed by atoms with Crippen LogP contribution in [0.3, 0.4) is 0 Å². The summed E-state index contributed by atoms with van der Waals surface area (Å²) in [7, 11) is -3.88. The van der Waals surface area contributed by atoms with Crippen molar-refractivity contribution in [2.24, 2.45) is 0 Å². The van der Waals surface area contributed by atoms with Crippen molar-refractivity contribution >= 4 is 21.5 Å². The van der Waals surface area contributed by atoms with Crippen molar-refractivity contribution in [2.45, 2.75) is 4.90 Å². The molecule has 11 heteroatoms. The first-order valence-corrected chi connectivity index (χ1v) is 8.11. The molecule has 2 rings (SSSR count). The zero-order valence-electron chi connectivity index (χ0n) is 12.2. The Bertz CT molecular complexity index is 893. The fraction of sp³-hybridized carbons (Fsp3) is 0.154. The Morgan fingerprint density at radius 2 is 2.00 bits per heavy atom. The molecule has 0 unspecified atom stereocenters. The number of benzene rings is 1. The quantitative estimate of drug-likeness (QED) is 0.420. The number of non-ortho nitro benzene ring substituents is 1. The second-order valence-corrected chi connectivity index (χ2v) is 6.21. The van der Waals surface area contributed by atoms with Crippen molar-refractivity contribution in [2.75, 3.05) is 18.4 Å². The third-order valence-electron chi connectivity index (χ3n) is 2.85. The van der Waals surface area contributed by atoms with Gasteiger partial charge in [0.05, 0.1) is 9.82 Å². The Kier molecular flexibility index (Phi) is 5.35. The largest absolute Gasteiger partial charge is 0.366 e. The molecule has 24 heavy (non-hydrogen) atoms. The van der Waals surface area contributed by atoms with Gasteiger partial charge in [0.1, 0.15) is 6.07 Å². The average Bonchev–Trinajstić information content (AvgIpc) is 2.59. The van der Waals surface area contributed by atoms with Crippen molar-refractivity contribution in [3.05, 3.63) is 52.5 Å². The van der Waals surface area contributed by atoms with Crippen LogP contribution in [0.2, 0.25) is 0 Å². The number of anilines is 1. The number of aromatic nitrogens is 2. The van der Waals surface area contributed by atoms with Gasteiger partial charge in [-0.2, -0.15) is 5.26 Å². The zero-order chi connectivity index (χ0) is 17.6. The van der Waals surface area contributed by atoms with Gasteiger partial charge in [-0.1, -0.05) is 6.07 Å². The zero-order valence-corrected chi connectivity index (χ0v) is 13.0. The topological polar surface area (TPSA) is 151 Å². The molecule has 2 N–H and O–H groups in total. The summed E-state index contributed by atoms with van der Waals surface area (Å²) in [6.07, 6.45) is 2.77. The van der Waals surface area contributed by atoms with Gasteiger partial charge in [0, 0.05) is 37.6 Å². The predicted octanol–water partition coefficient (Wildman–Crippen LogP) is 0.647. The summed E-state index contributed by atoms with van der Waals surface area (Å²) in [4.78, 5) is 17.6. The standard InChI is InChI=1S/C13H12N6O4S/c14-9-12-13(16-5-4-15-12)17-6-7-18-24(22,23)11-3-1-2-10(8-11)19(20)21/h1-5,8,18H,6-7H2,(H,16,17). The number of nitro groups is 1. The highest BCUT2D eigenvalue weighted by molar-refractivity contribution is 7.89. The molecule has 0 saturated heterocycles. The van der Waals surface area contributed by atoms with Gasteiger partial charge in [-0.05, 0) is 6.07 Å². The molecule has 0 amide bonds. The Hall–Kier alpha value is -3.10. The van der Waals surface area contributed by atoms with Crippen LogP contribution in [-0.2, 0) is 10.0 Å². The Balaban J connectivity index is 1.97. The predicted molar refractivity (Wildman–Crippen MR) is 83.5 cm³/mol. The number of sulfonamides is 1. The van der Waals surface area contributed by atoms with Gasteiger partial charge in [-0.25, -0.2) is 23.1 Å². The molecule has 1 aromatic carbocycles. The van der Waals surface area contributed by atoms with Gasteiger partial charge in [-0.15, -0.1) is 0 Å². The van der Waals surface area contributed by atoms with Crippen LogP contribution in [0.25, 0.3) is 0 Å². The first-order valence-electron chi connectivity index (χ1n) is 6.63. The maximum atomic E-state index is 12.1. The first-order chi connectivity index (χ1) is 11.4. The third kappa shape index (κ3) is 4.22. The minimum Gasteiger partial charge on any atom is -0.366 e. The third-order valence-corrected chi connectivity index (χ3v) is 4.31.